The molecule has 0 radical (unpaired) electrons. The van der Waals surface area contributed by atoms with Crippen molar-refractivity contribution in [3.8, 4) is 0 Å². The molecule has 0 atom stereocenters. The highest BCUT2D eigenvalue weighted by atomic mass is 35.5. The van der Waals surface area contributed by atoms with E-state index in [2.05, 4.69) is 0 Å². The normalized spacial score (nSPS) is 10.3. The Morgan fingerprint density at radius 3 is 2.92 bits per heavy atom. The van der Waals surface area contributed by atoms with E-state index in [1.807, 2.05) is 6.07 Å². The molecule has 0 aromatic heterocycles. The Morgan fingerprint density at radius 1 is 1.46 bits per heavy atom. The lowest BCUT2D eigenvalue weighted by atomic mass is 10.2. The van der Waals surface area contributed by atoms with Gasteiger partial charge in [0.15, 0.2) is 0 Å². The molecule has 0 amide bonds. The smallest absolute Gasteiger partial charge is 0.0521 e. The molecule has 0 heterocycles. The minimum Gasteiger partial charge on any atom is -0.399 e. The number of benzene rings is 1. The Kier molecular flexibility index (Phi) is 4.42. The predicted molar refractivity (Wildman–Crippen MR) is 59.1 cm³/mol. The summed E-state index contributed by atoms with van der Waals surface area (Å²) in [6.07, 6.45) is 0. The number of halogens is 1. The maximum absolute atomic E-state index is 8.59. The lowest BCUT2D eigenvalue weighted by molar-refractivity contribution is 0.322. The fraction of sp³-hybridized carbons (Fsp3) is 0.333. The maximum atomic E-state index is 8.59. The van der Waals surface area contributed by atoms with Gasteiger partial charge < -0.3 is 10.8 Å². The van der Waals surface area contributed by atoms with Crippen molar-refractivity contribution in [3.63, 3.8) is 0 Å². The van der Waals surface area contributed by atoms with Crippen LogP contribution in [0.25, 0.3) is 0 Å². The Morgan fingerprint density at radius 2 is 2.23 bits per heavy atom. The van der Waals surface area contributed by atoms with Crippen LogP contribution < -0.4 is 5.73 Å². The second-order valence-electron chi connectivity index (χ2n) is 2.63. The van der Waals surface area contributed by atoms with Gasteiger partial charge in [0, 0.05) is 22.2 Å². The molecule has 0 saturated carbocycles. The zero-order chi connectivity index (χ0) is 9.68. The SMILES string of the molecule is Nc1ccc(Cl)c(CSCCO)c1. The number of hydrogen-bond donors (Lipinski definition) is 2. The van der Waals surface area contributed by atoms with Gasteiger partial charge in [-0.1, -0.05) is 11.6 Å². The van der Waals surface area contributed by atoms with Crippen molar-refractivity contribution in [3.05, 3.63) is 28.8 Å². The second-order valence-corrected chi connectivity index (χ2v) is 4.14. The van der Waals surface area contributed by atoms with Crippen LogP contribution in [0.3, 0.4) is 0 Å². The first-order valence-corrected chi connectivity index (χ1v) is 5.50. The summed E-state index contributed by atoms with van der Waals surface area (Å²) in [7, 11) is 0. The zero-order valence-corrected chi connectivity index (χ0v) is 8.74. The van der Waals surface area contributed by atoms with E-state index in [0.29, 0.717) is 0 Å². The zero-order valence-electron chi connectivity index (χ0n) is 7.16. The van der Waals surface area contributed by atoms with E-state index in [1.54, 1.807) is 23.9 Å². The van der Waals surface area contributed by atoms with Gasteiger partial charge in [-0.05, 0) is 23.8 Å². The van der Waals surface area contributed by atoms with Crippen molar-refractivity contribution in [2.24, 2.45) is 0 Å². The van der Waals surface area contributed by atoms with E-state index in [9.17, 15) is 0 Å². The number of nitrogen functional groups attached to an aromatic ring is 1. The molecule has 0 aliphatic carbocycles. The summed E-state index contributed by atoms with van der Waals surface area (Å²) in [6, 6.07) is 5.45. The molecule has 1 aromatic rings. The summed E-state index contributed by atoms with van der Waals surface area (Å²) >= 11 is 7.58. The Bertz CT molecular complexity index is 280. The Labute approximate surface area is 87.1 Å². The number of nitrogens with two attached hydrogens (primary N) is 1. The van der Waals surface area contributed by atoms with Crippen LogP contribution in [0, 0.1) is 0 Å². The van der Waals surface area contributed by atoms with Gasteiger partial charge in [0.05, 0.1) is 6.61 Å². The minimum atomic E-state index is 0.199. The van der Waals surface area contributed by atoms with Crippen molar-refractivity contribution >= 4 is 29.1 Å². The van der Waals surface area contributed by atoms with E-state index >= 15 is 0 Å². The number of hydrogen-bond acceptors (Lipinski definition) is 3. The molecule has 0 aliphatic rings. The van der Waals surface area contributed by atoms with Crippen LogP contribution in [0.4, 0.5) is 5.69 Å². The number of anilines is 1. The summed E-state index contributed by atoms with van der Waals surface area (Å²) in [5, 5.41) is 9.33. The molecule has 0 spiro atoms. The first kappa shape index (κ1) is 10.7. The molecular weight excluding hydrogens is 206 g/mol. The minimum absolute atomic E-state index is 0.199. The molecule has 72 valence electrons. The van der Waals surface area contributed by atoms with Crippen molar-refractivity contribution < 1.29 is 5.11 Å². The molecular formula is C9H12ClNOS. The highest BCUT2D eigenvalue weighted by molar-refractivity contribution is 7.98. The first-order valence-electron chi connectivity index (χ1n) is 3.96. The standard InChI is InChI=1S/C9H12ClNOS/c10-9-2-1-8(11)5-7(9)6-13-4-3-12/h1-2,5,12H,3-4,6,11H2. The molecule has 3 N–H and O–H groups in total. The molecule has 13 heavy (non-hydrogen) atoms. The second kappa shape index (κ2) is 5.37. The molecule has 0 bridgehead atoms. The molecule has 0 unspecified atom stereocenters. The van der Waals surface area contributed by atoms with Gasteiger partial charge in [-0.25, -0.2) is 0 Å². The van der Waals surface area contributed by atoms with Gasteiger partial charge in [0.1, 0.15) is 0 Å². The fourth-order valence-corrected chi connectivity index (χ4v) is 1.95. The maximum Gasteiger partial charge on any atom is 0.0521 e. The lowest BCUT2D eigenvalue weighted by Gasteiger charge is -2.04. The third-order valence-corrected chi connectivity index (χ3v) is 2.92. The van der Waals surface area contributed by atoms with Crippen LogP contribution in [-0.2, 0) is 5.75 Å². The monoisotopic (exact) mass is 217 g/mol. The van der Waals surface area contributed by atoms with Crippen molar-refractivity contribution in [1.29, 1.82) is 0 Å². The first-order chi connectivity index (χ1) is 6.24. The summed E-state index contributed by atoms with van der Waals surface area (Å²) < 4.78 is 0. The molecule has 0 saturated heterocycles. The highest BCUT2D eigenvalue weighted by Crippen LogP contribution is 2.23. The van der Waals surface area contributed by atoms with Crippen molar-refractivity contribution in [1.82, 2.24) is 0 Å². The van der Waals surface area contributed by atoms with Gasteiger partial charge in [0.25, 0.3) is 0 Å². The summed E-state index contributed by atoms with van der Waals surface area (Å²) in [5.41, 5.74) is 7.37. The van der Waals surface area contributed by atoms with Gasteiger partial charge in [0.2, 0.25) is 0 Å². The third-order valence-electron chi connectivity index (χ3n) is 1.56. The van der Waals surface area contributed by atoms with Gasteiger partial charge in [-0.2, -0.15) is 11.8 Å². The van der Waals surface area contributed by atoms with Crippen LogP contribution >= 0.6 is 23.4 Å². The predicted octanol–water partition coefficient (Wildman–Crippen LogP) is 2.15. The van der Waals surface area contributed by atoms with E-state index in [4.69, 9.17) is 22.4 Å². The third kappa shape index (κ3) is 3.46. The van der Waals surface area contributed by atoms with Crippen molar-refractivity contribution in [2.75, 3.05) is 18.1 Å². The average molecular weight is 218 g/mol. The van der Waals surface area contributed by atoms with E-state index in [1.165, 1.54) is 0 Å². The molecule has 2 nitrogen and oxygen atoms in total. The molecule has 1 rings (SSSR count). The average Bonchev–Trinajstić information content (AvgIpc) is 2.11. The Balaban J connectivity index is 2.59. The van der Waals surface area contributed by atoms with Crippen LogP contribution in [0.2, 0.25) is 5.02 Å². The molecule has 0 aliphatic heterocycles. The summed E-state index contributed by atoms with van der Waals surface area (Å²) in [5.74, 6) is 1.52. The number of thioether (sulfide) groups is 1. The fourth-order valence-electron chi connectivity index (χ4n) is 0.952. The number of aliphatic hydroxyl groups is 1. The number of aliphatic hydroxyl groups excluding tert-OH is 1. The molecule has 4 heteroatoms. The summed E-state index contributed by atoms with van der Waals surface area (Å²) in [4.78, 5) is 0. The van der Waals surface area contributed by atoms with E-state index in [0.717, 1.165) is 27.8 Å². The van der Waals surface area contributed by atoms with Crippen LogP contribution in [0.1, 0.15) is 5.56 Å². The lowest BCUT2D eigenvalue weighted by Crippen LogP contribution is -1.91. The van der Waals surface area contributed by atoms with Crippen LogP contribution in [0.15, 0.2) is 18.2 Å². The van der Waals surface area contributed by atoms with Crippen LogP contribution in [0.5, 0.6) is 0 Å². The van der Waals surface area contributed by atoms with Gasteiger partial charge in [-0.3, -0.25) is 0 Å². The highest BCUT2D eigenvalue weighted by Gasteiger charge is 2.00. The topological polar surface area (TPSA) is 46.2 Å². The van der Waals surface area contributed by atoms with Crippen molar-refractivity contribution in [2.45, 2.75) is 5.75 Å². The summed E-state index contributed by atoms with van der Waals surface area (Å²) in [6.45, 7) is 0.199. The quantitative estimate of drug-likeness (QED) is 0.600. The molecule has 1 aromatic carbocycles. The molecule has 0 fully saturated rings. The van der Waals surface area contributed by atoms with Gasteiger partial charge in [-0.15, -0.1) is 0 Å². The van der Waals surface area contributed by atoms with Gasteiger partial charge >= 0.3 is 0 Å². The van der Waals surface area contributed by atoms with Crippen LogP contribution in [-0.4, -0.2) is 17.5 Å². The number of rotatable bonds is 4. The largest absolute Gasteiger partial charge is 0.399 e. The Hall–Kier alpha value is -0.380. The van der Waals surface area contributed by atoms with E-state index in [-0.39, 0.29) is 6.61 Å². The van der Waals surface area contributed by atoms with E-state index < -0.39 is 0 Å².